The van der Waals surface area contributed by atoms with Crippen LogP contribution in [0.3, 0.4) is 0 Å². The number of ether oxygens (including phenoxy) is 4. The summed E-state index contributed by atoms with van der Waals surface area (Å²) in [5, 5.41) is 0. The van der Waals surface area contributed by atoms with E-state index in [0.29, 0.717) is 5.75 Å². The topological polar surface area (TPSA) is 101 Å². The lowest BCUT2D eigenvalue weighted by Crippen LogP contribution is -2.38. The number of aromatic nitrogens is 1. The van der Waals surface area contributed by atoms with E-state index in [9.17, 15) is 18.8 Å². The minimum atomic E-state index is -0.799. The fraction of sp³-hybridized carbons (Fsp3) is 0.440. The molecule has 0 fully saturated rings. The highest BCUT2D eigenvalue weighted by atomic mass is 19.1. The average molecular weight is 476 g/mol. The van der Waals surface area contributed by atoms with Crippen LogP contribution >= 0.6 is 0 Å². The molecular weight excluding hydrogens is 445 g/mol. The maximum Gasteiger partial charge on any atom is 0.309 e. The second-order valence-electron chi connectivity index (χ2n) is 8.24. The van der Waals surface area contributed by atoms with Gasteiger partial charge in [-0.1, -0.05) is 20.8 Å². The van der Waals surface area contributed by atoms with Crippen molar-refractivity contribution in [2.24, 2.45) is 11.8 Å². The number of nitrogens with zero attached hydrogens (tertiary/aromatic N) is 1. The molecule has 0 saturated heterocycles. The van der Waals surface area contributed by atoms with Gasteiger partial charge < -0.3 is 18.9 Å². The van der Waals surface area contributed by atoms with Gasteiger partial charge in [0.1, 0.15) is 23.8 Å². The number of halogens is 1. The molecule has 0 amide bonds. The number of hydrogen-bond donors (Lipinski definition) is 0. The summed E-state index contributed by atoms with van der Waals surface area (Å²) in [6, 6.07) is 7.04. The predicted octanol–water partition coefficient (Wildman–Crippen LogP) is 4.40. The number of methoxy groups -OCH3 is 1. The summed E-state index contributed by atoms with van der Waals surface area (Å²) in [5.41, 5.74) is -0.109. The van der Waals surface area contributed by atoms with E-state index in [-0.39, 0.29) is 35.3 Å². The largest absolute Gasteiger partial charge is 0.493 e. The Morgan fingerprint density at radius 2 is 1.68 bits per heavy atom. The zero-order valence-electron chi connectivity index (χ0n) is 20.2. The number of ketones is 1. The number of rotatable bonds is 11. The molecule has 2 aromatic rings. The van der Waals surface area contributed by atoms with E-state index < -0.39 is 35.8 Å². The van der Waals surface area contributed by atoms with Crippen molar-refractivity contribution in [1.82, 2.24) is 4.98 Å². The highest BCUT2D eigenvalue weighted by Crippen LogP contribution is 2.31. The van der Waals surface area contributed by atoms with E-state index >= 15 is 0 Å². The van der Waals surface area contributed by atoms with Crippen molar-refractivity contribution in [2.45, 2.75) is 53.2 Å². The fourth-order valence-corrected chi connectivity index (χ4v) is 3.30. The van der Waals surface area contributed by atoms with E-state index in [1.54, 1.807) is 13.8 Å². The Labute approximate surface area is 198 Å². The lowest BCUT2D eigenvalue weighted by molar-refractivity contribution is -0.158. The molecular formula is C25H30FNO7. The molecule has 0 unspecified atom stereocenters. The number of carbonyl (C=O) groups excluding carboxylic acids is 3. The average Bonchev–Trinajstić information content (AvgIpc) is 2.77. The van der Waals surface area contributed by atoms with Crippen molar-refractivity contribution in [1.29, 1.82) is 0 Å². The van der Waals surface area contributed by atoms with Crippen LogP contribution in [0.5, 0.6) is 17.2 Å². The zero-order chi connectivity index (χ0) is 25.4. The zero-order valence-corrected chi connectivity index (χ0v) is 20.2. The molecule has 0 radical (unpaired) electrons. The Morgan fingerprint density at radius 3 is 2.24 bits per heavy atom. The first-order valence-electron chi connectivity index (χ1n) is 10.9. The SMILES string of the molecule is COc1ccnc(C(=O)C[C@@H](C)C(=O)O[C@@H](C)[C@H](Oc2ccc(F)cc2)C(C)C)c1OC(C)=O. The third-order valence-corrected chi connectivity index (χ3v) is 5.00. The molecule has 1 aromatic heterocycles. The van der Waals surface area contributed by atoms with Crippen LogP contribution in [0, 0.1) is 17.7 Å². The van der Waals surface area contributed by atoms with Gasteiger partial charge in [0.2, 0.25) is 5.75 Å². The van der Waals surface area contributed by atoms with Gasteiger partial charge >= 0.3 is 11.9 Å². The summed E-state index contributed by atoms with van der Waals surface area (Å²) in [6.07, 6.45) is 0.00421. The van der Waals surface area contributed by atoms with Gasteiger partial charge in [0.15, 0.2) is 17.2 Å². The van der Waals surface area contributed by atoms with Gasteiger partial charge in [-0.3, -0.25) is 14.4 Å². The smallest absolute Gasteiger partial charge is 0.309 e. The lowest BCUT2D eigenvalue weighted by atomic mass is 10.0. The number of benzene rings is 1. The number of Topliss-reactive ketones (excluding diaryl/α,β-unsaturated/α-hetero) is 1. The Kier molecular flexibility index (Phi) is 9.53. The van der Waals surface area contributed by atoms with Crippen LogP contribution in [0.25, 0.3) is 0 Å². The van der Waals surface area contributed by atoms with E-state index in [2.05, 4.69) is 4.98 Å². The van der Waals surface area contributed by atoms with Gasteiger partial charge in [0, 0.05) is 25.6 Å². The van der Waals surface area contributed by atoms with E-state index in [0.717, 1.165) is 0 Å². The van der Waals surface area contributed by atoms with Gasteiger partial charge in [0.25, 0.3) is 0 Å². The van der Waals surface area contributed by atoms with E-state index in [1.807, 2.05) is 13.8 Å². The van der Waals surface area contributed by atoms with Crippen LogP contribution in [-0.4, -0.2) is 42.0 Å². The second-order valence-corrected chi connectivity index (χ2v) is 8.24. The van der Waals surface area contributed by atoms with Crippen molar-refractivity contribution in [3.05, 3.63) is 48.0 Å². The van der Waals surface area contributed by atoms with Crippen molar-refractivity contribution in [3.63, 3.8) is 0 Å². The first-order chi connectivity index (χ1) is 16.0. The standard InChI is InChI=1S/C25H30FNO7/c1-14(2)23(34-19-9-7-18(26)8-10-19)16(4)32-25(30)15(3)13-20(29)22-24(33-17(5)28)21(31-6)11-12-27-22/h7-12,14-16,23H,13H2,1-6H3/t15-,16+,23-/m1/s1. The molecule has 1 aromatic carbocycles. The summed E-state index contributed by atoms with van der Waals surface area (Å²) in [6.45, 7) is 8.28. The second kappa shape index (κ2) is 12.1. The molecule has 0 N–H and O–H groups in total. The van der Waals surface area contributed by atoms with Gasteiger partial charge in [-0.25, -0.2) is 9.37 Å². The summed E-state index contributed by atoms with van der Waals surface area (Å²) in [5.74, 6) is -2.39. The third kappa shape index (κ3) is 7.26. The Morgan fingerprint density at radius 1 is 1.03 bits per heavy atom. The van der Waals surface area contributed by atoms with Crippen LogP contribution in [0.2, 0.25) is 0 Å². The normalized spacial score (nSPS) is 13.5. The highest BCUT2D eigenvalue weighted by Gasteiger charge is 2.30. The Balaban J connectivity index is 2.08. The van der Waals surface area contributed by atoms with Crippen molar-refractivity contribution in [3.8, 4) is 17.2 Å². The van der Waals surface area contributed by atoms with Crippen LogP contribution in [0.1, 0.15) is 51.5 Å². The van der Waals surface area contributed by atoms with E-state index in [4.69, 9.17) is 18.9 Å². The van der Waals surface area contributed by atoms with E-state index in [1.165, 1.54) is 50.6 Å². The minimum Gasteiger partial charge on any atom is -0.493 e. The minimum absolute atomic E-state index is 0.0166. The van der Waals surface area contributed by atoms with Crippen molar-refractivity contribution < 1.29 is 37.7 Å². The molecule has 0 aliphatic carbocycles. The quantitative estimate of drug-likeness (QED) is 0.348. The lowest BCUT2D eigenvalue weighted by Gasteiger charge is -2.29. The highest BCUT2D eigenvalue weighted by molar-refractivity contribution is 5.99. The summed E-state index contributed by atoms with van der Waals surface area (Å²) >= 11 is 0. The Hall–Kier alpha value is -3.49. The molecule has 3 atom stereocenters. The van der Waals surface area contributed by atoms with Crippen LogP contribution in [-0.2, 0) is 14.3 Å². The molecule has 2 rings (SSSR count). The maximum atomic E-state index is 13.2. The van der Waals surface area contributed by atoms with Crippen molar-refractivity contribution in [2.75, 3.05) is 7.11 Å². The first kappa shape index (κ1) is 26.8. The molecule has 34 heavy (non-hydrogen) atoms. The molecule has 9 heteroatoms. The fourth-order valence-electron chi connectivity index (χ4n) is 3.30. The predicted molar refractivity (Wildman–Crippen MR) is 121 cm³/mol. The summed E-state index contributed by atoms with van der Waals surface area (Å²) < 4.78 is 34.9. The van der Waals surface area contributed by atoms with Crippen LogP contribution in [0.15, 0.2) is 36.5 Å². The first-order valence-corrected chi connectivity index (χ1v) is 10.9. The number of pyridine rings is 1. The van der Waals surface area contributed by atoms with Crippen molar-refractivity contribution >= 4 is 17.7 Å². The summed E-state index contributed by atoms with van der Waals surface area (Å²) in [4.78, 5) is 41.0. The number of esters is 2. The van der Waals surface area contributed by atoms with Gasteiger partial charge in [-0.2, -0.15) is 0 Å². The molecule has 0 saturated carbocycles. The summed E-state index contributed by atoms with van der Waals surface area (Å²) in [7, 11) is 1.37. The molecule has 0 aliphatic rings. The number of hydrogen-bond acceptors (Lipinski definition) is 8. The van der Waals surface area contributed by atoms with Crippen LogP contribution in [0.4, 0.5) is 4.39 Å². The van der Waals surface area contributed by atoms with Gasteiger partial charge in [0.05, 0.1) is 13.0 Å². The molecule has 0 aliphatic heterocycles. The molecule has 0 bridgehead atoms. The Bertz CT molecular complexity index is 1010. The van der Waals surface area contributed by atoms with Crippen LogP contribution < -0.4 is 14.2 Å². The van der Waals surface area contributed by atoms with Gasteiger partial charge in [-0.15, -0.1) is 0 Å². The monoisotopic (exact) mass is 475 g/mol. The van der Waals surface area contributed by atoms with Gasteiger partial charge in [-0.05, 0) is 37.1 Å². The molecule has 184 valence electrons. The molecule has 8 nitrogen and oxygen atoms in total. The maximum absolute atomic E-state index is 13.2. The molecule has 1 heterocycles. The third-order valence-electron chi connectivity index (χ3n) is 5.00. The molecule has 0 spiro atoms. The number of carbonyl (C=O) groups is 3.